The maximum atomic E-state index is 13.2. The summed E-state index contributed by atoms with van der Waals surface area (Å²) < 4.78 is 24.4. The molecule has 2 aromatic rings. The number of rotatable bonds is 13. The summed E-state index contributed by atoms with van der Waals surface area (Å²) in [7, 11) is -1.32. The molecule has 0 N–H and O–H groups in total. The van der Waals surface area contributed by atoms with Crippen LogP contribution >= 0.6 is 0 Å². The first-order chi connectivity index (χ1) is 20.2. The minimum atomic E-state index is -1.32. The van der Waals surface area contributed by atoms with E-state index < -0.39 is 32.0 Å². The lowest BCUT2D eigenvalue weighted by Crippen LogP contribution is -2.37. The first kappa shape index (κ1) is 34.5. The van der Waals surface area contributed by atoms with Crippen LogP contribution in [0.5, 0.6) is 0 Å². The number of aryl methyl sites for hydroxylation is 2. The molecule has 0 aromatic heterocycles. The molecule has 0 aliphatic carbocycles. The van der Waals surface area contributed by atoms with E-state index >= 15 is 0 Å². The molecule has 7 heteroatoms. The molecule has 43 heavy (non-hydrogen) atoms. The van der Waals surface area contributed by atoms with Gasteiger partial charge in [-0.25, -0.2) is 9.59 Å². The molecule has 6 nitrogen and oxygen atoms in total. The lowest BCUT2D eigenvalue weighted by atomic mass is 9.97. The van der Waals surface area contributed by atoms with Crippen LogP contribution in [0.15, 0.2) is 60.7 Å². The van der Waals surface area contributed by atoms with Crippen molar-refractivity contribution in [3.63, 3.8) is 0 Å². The van der Waals surface area contributed by atoms with Crippen molar-refractivity contribution in [3.8, 4) is 0 Å². The van der Waals surface area contributed by atoms with E-state index in [2.05, 4.69) is 39.6 Å². The fourth-order valence-corrected chi connectivity index (χ4v) is 5.72. The maximum absolute atomic E-state index is 13.2. The van der Waals surface area contributed by atoms with Crippen molar-refractivity contribution in [1.29, 1.82) is 0 Å². The largest absolute Gasteiger partial charge is 0.462 e. The molecule has 2 aromatic carbocycles. The maximum Gasteiger partial charge on any atom is 0.338 e. The summed E-state index contributed by atoms with van der Waals surface area (Å²) in [5.74, 6) is -1.23. The Kier molecular flexibility index (Phi) is 12.1. The average Bonchev–Trinajstić information content (AvgIpc) is 3.23. The highest BCUT2D eigenvalue weighted by Gasteiger charge is 2.45. The molecular formula is C36H50O6Si. The Morgan fingerprint density at radius 3 is 2.37 bits per heavy atom. The van der Waals surface area contributed by atoms with Crippen molar-refractivity contribution in [2.45, 2.75) is 104 Å². The Bertz CT molecular complexity index is 1290. The second-order valence-corrected chi connectivity index (χ2v) is 18.9. The Labute approximate surface area is 259 Å². The molecule has 1 fully saturated rings. The number of benzene rings is 2. The quantitative estimate of drug-likeness (QED) is 0.129. The van der Waals surface area contributed by atoms with Crippen LogP contribution in [0.3, 0.4) is 0 Å². The van der Waals surface area contributed by atoms with Gasteiger partial charge in [-0.05, 0) is 75.4 Å². The van der Waals surface area contributed by atoms with Gasteiger partial charge in [-0.1, -0.05) is 94.0 Å². The second-order valence-electron chi connectivity index (χ2n) is 13.3. The van der Waals surface area contributed by atoms with Crippen LogP contribution in [0.25, 0.3) is 6.08 Å². The van der Waals surface area contributed by atoms with Gasteiger partial charge >= 0.3 is 11.9 Å². The third-order valence-electron chi connectivity index (χ3n) is 7.54. The van der Waals surface area contributed by atoms with E-state index in [-0.39, 0.29) is 12.1 Å². The average molecular weight is 607 g/mol. The van der Waals surface area contributed by atoms with Gasteiger partial charge < -0.3 is 18.9 Å². The molecule has 1 saturated heterocycles. The molecule has 0 saturated carbocycles. The van der Waals surface area contributed by atoms with Crippen LogP contribution in [0, 0.1) is 19.8 Å². The van der Waals surface area contributed by atoms with Crippen LogP contribution < -0.4 is 0 Å². The van der Waals surface area contributed by atoms with Crippen molar-refractivity contribution in [2.24, 2.45) is 5.92 Å². The SMILES string of the molecule is CC[C@@H](C)/C=C\C(OC(=O)c1ccccc1)[C@H]1OC(C)(C)O[C@H]1C/C=C/c1cc(C)cc(C)c1C(=O)OCC[Si](C)(C)C. The van der Waals surface area contributed by atoms with E-state index in [1.807, 2.05) is 76.3 Å². The number of allylic oxidation sites excluding steroid dienone is 1. The zero-order chi connectivity index (χ0) is 31.8. The van der Waals surface area contributed by atoms with E-state index in [0.717, 1.165) is 29.2 Å². The highest BCUT2D eigenvalue weighted by molar-refractivity contribution is 6.76. The van der Waals surface area contributed by atoms with Crippen LogP contribution in [0.1, 0.15) is 77.9 Å². The predicted octanol–water partition coefficient (Wildman–Crippen LogP) is 8.55. The van der Waals surface area contributed by atoms with Crippen LogP contribution in [-0.2, 0) is 18.9 Å². The van der Waals surface area contributed by atoms with E-state index in [4.69, 9.17) is 18.9 Å². The van der Waals surface area contributed by atoms with E-state index in [1.54, 1.807) is 12.1 Å². The standard InChI is InChI=1S/C36H50O6Si/c1-10-25(2)19-20-30(40-34(37)28-15-12-11-13-16-28)33-31(41-36(5,6)42-33)18-14-17-29-24-26(3)23-27(4)32(29)35(38)39-21-22-43(7,8)9/h11-17,19-20,23-25,30-31,33H,10,18,21-22H2,1-9H3/b17-14+,20-19-/t25-,30?,31+,33-/m1/s1. The van der Waals surface area contributed by atoms with Crippen molar-refractivity contribution in [2.75, 3.05) is 6.61 Å². The highest BCUT2D eigenvalue weighted by Crippen LogP contribution is 2.34. The summed E-state index contributed by atoms with van der Waals surface area (Å²) >= 11 is 0. The lowest BCUT2D eigenvalue weighted by molar-refractivity contribution is -0.152. The highest BCUT2D eigenvalue weighted by atomic mass is 28.3. The molecule has 3 rings (SSSR count). The summed E-state index contributed by atoms with van der Waals surface area (Å²) in [6, 6.07) is 13.9. The number of hydrogen-bond donors (Lipinski definition) is 0. The molecule has 0 spiro atoms. The number of hydrogen-bond acceptors (Lipinski definition) is 6. The Morgan fingerprint density at radius 1 is 1.02 bits per heavy atom. The topological polar surface area (TPSA) is 71.1 Å². The lowest BCUT2D eigenvalue weighted by Gasteiger charge is -2.24. The first-order valence-electron chi connectivity index (χ1n) is 15.4. The molecule has 1 heterocycles. The third kappa shape index (κ3) is 10.6. The molecular weight excluding hydrogens is 556 g/mol. The van der Waals surface area contributed by atoms with Crippen molar-refractivity contribution in [1.82, 2.24) is 0 Å². The van der Waals surface area contributed by atoms with Gasteiger partial charge in [0, 0.05) is 8.07 Å². The van der Waals surface area contributed by atoms with Crippen molar-refractivity contribution in [3.05, 3.63) is 88.5 Å². The minimum Gasteiger partial charge on any atom is -0.462 e. The fourth-order valence-electron chi connectivity index (χ4n) is 5.00. The molecule has 0 radical (unpaired) electrons. The van der Waals surface area contributed by atoms with Crippen LogP contribution in [0.4, 0.5) is 0 Å². The van der Waals surface area contributed by atoms with Crippen molar-refractivity contribution < 1.29 is 28.5 Å². The minimum absolute atomic E-state index is 0.294. The number of carbonyl (C=O) groups excluding carboxylic acids is 2. The normalized spacial score (nSPS) is 19.9. The summed E-state index contributed by atoms with van der Waals surface area (Å²) in [5, 5.41) is 0. The van der Waals surface area contributed by atoms with E-state index in [1.165, 1.54) is 0 Å². The number of esters is 2. The first-order valence-corrected chi connectivity index (χ1v) is 19.1. The van der Waals surface area contributed by atoms with Gasteiger partial charge in [-0.3, -0.25) is 0 Å². The van der Waals surface area contributed by atoms with Gasteiger partial charge in [0.25, 0.3) is 0 Å². The molecule has 1 unspecified atom stereocenters. The zero-order valence-corrected chi connectivity index (χ0v) is 28.4. The monoisotopic (exact) mass is 606 g/mol. The van der Waals surface area contributed by atoms with E-state index in [0.29, 0.717) is 30.1 Å². The predicted molar refractivity (Wildman–Crippen MR) is 176 cm³/mol. The van der Waals surface area contributed by atoms with Gasteiger partial charge in [0.05, 0.1) is 23.8 Å². The van der Waals surface area contributed by atoms with Crippen molar-refractivity contribution >= 4 is 26.1 Å². The molecule has 1 aliphatic heterocycles. The Balaban J connectivity index is 1.84. The van der Waals surface area contributed by atoms with Crippen LogP contribution in [-0.4, -0.2) is 50.7 Å². The molecule has 0 amide bonds. The molecule has 1 aliphatic rings. The summed E-state index contributed by atoms with van der Waals surface area (Å²) in [6.45, 7) is 19.2. The number of carbonyl (C=O) groups is 2. The van der Waals surface area contributed by atoms with Gasteiger partial charge in [0.15, 0.2) is 5.79 Å². The summed E-state index contributed by atoms with van der Waals surface area (Å²) in [6.07, 6.45) is 7.90. The van der Waals surface area contributed by atoms with Gasteiger partial charge in [-0.15, -0.1) is 0 Å². The molecule has 4 atom stereocenters. The fraction of sp³-hybridized carbons (Fsp3) is 0.500. The zero-order valence-electron chi connectivity index (χ0n) is 27.4. The molecule has 234 valence electrons. The third-order valence-corrected chi connectivity index (χ3v) is 9.24. The Morgan fingerprint density at radius 2 is 1.72 bits per heavy atom. The summed E-state index contributed by atoms with van der Waals surface area (Å²) in [4.78, 5) is 26.2. The van der Waals surface area contributed by atoms with Gasteiger partial charge in [0.2, 0.25) is 0 Å². The van der Waals surface area contributed by atoms with E-state index in [9.17, 15) is 9.59 Å². The Hall–Kier alpha value is -3.00. The van der Waals surface area contributed by atoms with Gasteiger partial charge in [-0.2, -0.15) is 0 Å². The number of ether oxygens (including phenoxy) is 4. The van der Waals surface area contributed by atoms with Crippen LogP contribution in [0.2, 0.25) is 25.7 Å². The second kappa shape index (κ2) is 15.1. The molecule has 0 bridgehead atoms. The summed E-state index contributed by atoms with van der Waals surface area (Å²) in [5.41, 5.74) is 3.84. The smallest absolute Gasteiger partial charge is 0.338 e. The van der Waals surface area contributed by atoms with Gasteiger partial charge in [0.1, 0.15) is 12.2 Å².